The number of aromatic nitrogens is 4. The van der Waals surface area contributed by atoms with Crippen LogP contribution in [0.15, 0.2) is 28.7 Å². The topological polar surface area (TPSA) is 59.1 Å². The molecular formula is C9H5FN4OS. The van der Waals surface area contributed by atoms with E-state index >= 15 is 0 Å². The monoisotopic (exact) mass is 236 g/mol. The highest BCUT2D eigenvalue weighted by Crippen LogP contribution is 2.19. The molecule has 0 bridgehead atoms. The van der Waals surface area contributed by atoms with Crippen LogP contribution in [0.25, 0.3) is 17.3 Å². The number of halogens is 1. The molecule has 7 heteroatoms. The molecule has 0 unspecified atom stereocenters. The highest BCUT2D eigenvalue weighted by atomic mass is 32.1. The van der Waals surface area contributed by atoms with Crippen molar-refractivity contribution >= 4 is 18.1 Å². The Hall–Kier alpha value is -2.02. The molecule has 3 rings (SSSR count). The molecule has 16 heavy (non-hydrogen) atoms. The average Bonchev–Trinajstić information content (AvgIpc) is 2.74. The Morgan fingerprint density at radius 1 is 1.44 bits per heavy atom. The first-order valence-electron chi connectivity index (χ1n) is 4.44. The van der Waals surface area contributed by atoms with E-state index < -0.39 is 0 Å². The maximum absolute atomic E-state index is 13.0. The van der Waals surface area contributed by atoms with Gasteiger partial charge in [0.1, 0.15) is 5.82 Å². The van der Waals surface area contributed by atoms with Crippen LogP contribution in [0, 0.1) is 10.6 Å². The zero-order chi connectivity index (χ0) is 11.1. The normalized spacial score (nSPS) is 11.1. The summed E-state index contributed by atoms with van der Waals surface area (Å²) in [4.78, 5) is 3.88. The van der Waals surface area contributed by atoms with E-state index in [1.165, 1.54) is 16.8 Å². The van der Waals surface area contributed by atoms with Crippen LogP contribution in [0.3, 0.4) is 0 Å². The summed E-state index contributed by atoms with van der Waals surface area (Å²) in [5, 5.41) is 6.73. The van der Waals surface area contributed by atoms with Gasteiger partial charge in [0, 0.05) is 5.56 Å². The van der Waals surface area contributed by atoms with Gasteiger partial charge in [-0.05, 0) is 30.4 Å². The molecule has 0 aliphatic rings. The van der Waals surface area contributed by atoms with E-state index in [0.717, 1.165) is 0 Å². The van der Waals surface area contributed by atoms with Gasteiger partial charge in [-0.15, -0.1) is 9.73 Å². The first-order valence-corrected chi connectivity index (χ1v) is 4.85. The molecule has 0 spiro atoms. The molecule has 0 aliphatic heterocycles. The minimum absolute atomic E-state index is 0.254. The first-order chi connectivity index (χ1) is 7.72. The number of fused-ring (bicyclic) bond motifs is 1. The van der Waals surface area contributed by atoms with Crippen LogP contribution in [-0.2, 0) is 0 Å². The van der Waals surface area contributed by atoms with Gasteiger partial charge in [0.2, 0.25) is 10.7 Å². The Morgan fingerprint density at radius 2 is 2.31 bits per heavy atom. The average molecular weight is 236 g/mol. The summed E-state index contributed by atoms with van der Waals surface area (Å²) in [6, 6.07) is 5.97. The Kier molecular flexibility index (Phi) is 1.87. The molecule has 3 aromatic rings. The minimum Gasteiger partial charge on any atom is -0.402 e. The van der Waals surface area contributed by atoms with Crippen molar-refractivity contribution in [3.63, 3.8) is 0 Å². The molecular weight excluding hydrogens is 231 g/mol. The highest BCUT2D eigenvalue weighted by molar-refractivity contribution is 7.71. The third kappa shape index (κ3) is 1.41. The van der Waals surface area contributed by atoms with E-state index in [0.29, 0.717) is 5.56 Å². The quantitative estimate of drug-likeness (QED) is 0.658. The standard InChI is InChI=1S/C9H5FN4OS/c10-6-3-1-2-5(4-6)7-12-14-9(15-7)11-8(16)13-14/h1-4H,(H,13,16). The van der Waals surface area contributed by atoms with Crippen molar-refractivity contribution in [2.24, 2.45) is 0 Å². The van der Waals surface area contributed by atoms with Gasteiger partial charge in [0.15, 0.2) is 0 Å². The molecule has 2 heterocycles. The Morgan fingerprint density at radius 3 is 3.06 bits per heavy atom. The van der Waals surface area contributed by atoms with Gasteiger partial charge in [-0.3, -0.25) is 0 Å². The van der Waals surface area contributed by atoms with Crippen LogP contribution < -0.4 is 0 Å². The zero-order valence-electron chi connectivity index (χ0n) is 7.85. The maximum Gasteiger partial charge on any atom is 0.343 e. The van der Waals surface area contributed by atoms with Crippen LogP contribution in [0.5, 0.6) is 0 Å². The number of benzene rings is 1. The molecule has 0 saturated carbocycles. The fourth-order valence-corrected chi connectivity index (χ4v) is 1.53. The molecule has 0 radical (unpaired) electrons. The lowest BCUT2D eigenvalue weighted by Crippen LogP contribution is -1.87. The SMILES string of the molecule is Fc1cccc(-c2nn3[nH]c(=S)nc3o2)c1. The minimum atomic E-state index is -0.346. The second-order valence-corrected chi connectivity index (χ2v) is 3.53. The lowest BCUT2D eigenvalue weighted by atomic mass is 10.2. The molecule has 0 amide bonds. The fraction of sp³-hybridized carbons (Fsp3) is 0. The Labute approximate surface area is 93.5 Å². The molecule has 2 aromatic heterocycles. The molecule has 0 aliphatic carbocycles. The van der Waals surface area contributed by atoms with Gasteiger partial charge in [0.05, 0.1) is 0 Å². The number of hydrogen-bond donors (Lipinski definition) is 1. The van der Waals surface area contributed by atoms with E-state index in [-0.39, 0.29) is 22.3 Å². The largest absolute Gasteiger partial charge is 0.402 e. The van der Waals surface area contributed by atoms with Gasteiger partial charge in [-0.2, -0.15) is 4.98 Å². The van der Waals surface area contributed by atoms with Crippen molar-refractivity contribution in [2.45, 2.75) is 0 Å². The fourth-order valence-electron chi connectivity index (χ4n) is 1.37. The molecule has 1 aromatic carbocycles. The van der Waals surface area contributed by atoms with Crippen molar-refractivity contribution in [2.75, 3.05) is 0 Å². The number of nitrogens with zero attached hydrogens (tertiary/aromatic N) is 3. The van der Waals surface area contributed by atoms with Crippen molar-refractivity contribution in [1.82, 2.24) is 19.8 Å². The van der Waals surface area contributed by atoms with E-state index in [1.807, 2.05) is 0 Å². The summed E-state index contributed by atoms with van der Waals surface area (Å²) in [5.74, 6) is 0.193. The van der Waals surface area contributed by atoms with Crippen LogP contribution in [0.4, 0.5) is 4.39 Å². The second-order valence-electron chi connectivity index (χ2n) is 3.14. The van der Waals surface area contributed by atoms with Crippen molar-refractivity contribution in [3.8, 4) is 11.5 Å². The van der Waals surface area contributed by atoms with E-state index in [1.54, 1.807) is 12.1 Å². The summed E-state index contributed by atoms with van der Waals surface area (Å²) >= 11 is 4.80. The first kappa shape index (κ1) is 9.22. The number of aromatic amines is 1. The van der Waals surface area contributed by atoms with Gasteiger partial charge < -0.3 is 4.42 Å². The molecule has 0 atom stereocenters. The summed E-state index contributed by atoms with van der Waals surface area (Å²) in [6.07, 6.45) is 0. The second kappa shape index (κ2) is 3.24. The molecule has 0 saturated heterocycles. The van der Waals surface area contributed by atoms with Crippen LogP contribution >= 0.6 is 12.2 Å². The summed E-state index contributed by atoms with van der Waals surface area (Å²) in [6.45, 7) is 0. The third-order valence-corrected chi connectivity index (χ3v) is 2.21. The van der Waals surface area contributed by atoms with E-state index in [2.05, 4.69) is 15.2 Å². The number of rotatable bonds is 1. The van der Waals surface area contributed by atoms with Gasteiger partial charge in [0.25, 0.3) is 0 Å². The van der Waals surface area contributed by atoms with Crippen LogP contribution in [0.2, 0.25) is 0 Å². The maximum atomic E-state index is 13.0. The van der Waals surface area contributed by atoms with E-state index in [9.17, 15) is 4.39 Å². The number of H-pyrrole nitrogens is 1. The highest BCUT2D eigenvalue weighted by Gasteiger charge is 2.09. The lowest BCUT2D eigenvalue weighted by molar-refractivity contribution is 0.600. The number of hydrogen-bond acceptors (Lipinski definition) is 4. The Bertz CT molecular complexity index is 679. The summed E-state index contributed by atoms with van der Waals surface area (Å²) < 4.78 is 19.9. The lowest BCUT2D eigenvalue weighted by Gasteiger charge is -1.92. The predicted molar refractivity (Wildman–Crippen MR) is 55.8 cm³/mol. The summed E-state index contributed by atoms with van der Waals surface area (Å²) in [5.41, 5.74) is 0.546. The predicted octanol–water partition coefficient (Wildman–Crippen LogP) is 2.19. The van der Waals surface area contributed by atoms with Crippen LogP contribution in [0.1, 0.15) is 0 Å². The van der Waals surface area contributed by atoms with Gasteiger partial charge in [-0.1, -0.05) is 6.07 Å². The van der Waals surface area contributed by atoms with Crippen molar-refractivity contribution in [3.05, 3.63) is 34.9 Å². The summed E-state index contributed by atoms with van der Waals surface area (Å²) in [7, 11) is 0. The molecule has 80 valence electrons. The molecule has 1 N–H and O–H groups in total. The van der Waals surface area contributed by atoms with Gasteiger partial charge >= 0.3 is 5.84 Å². The van der Waals surface area contributed by atoms with Gasteiger partial charge in [-0.25, -0.2) is 9.49 Å². The van der Waals surface area contributed by atoms with Crippen molar-refractivity contribution < 1.29 is 8.81 Å². The van der Waals surface area contributed by atoms with Crippen LogP contribution in [-0.4, -0.2) is 19.8 Å². The molecule has 0 fully saturated rings. The Balaban J connectivity index is 2.18. The third-order valence-electron chi connectivity index (χ3n) is 2.03. The smallest absolute Gasteiger partial charge is 0.343 e. The van der Waals surface area contributed by atoms with E-state index in [4.69, 9.17) is 16.6 Å². The zero-order valence-corrected chi connectivity index (χ0v) is 8.66. The van der Waals surface area contributed by atoms with Crippen molar-refractivity contribution in [1.29, 1.82) is 0 Å². The molecule has 5 nitrogen and oxygen atoms in total. The number of nitrogens with one attached hydrogen (secondary N) is 1.